The molecule has 0 saturated carbocycles. The fourth-order valence-electron chi connectivity index (χ4n) is 2.30. The van der Waals surface area contributed by atoms with Crippen LogP contribution in [-0.2, 0) is 21.7 Å². The zero-order chi connectivity index (χ0) is 13.2. The third-order valence-electron chi connectivity index (χ3n) is 3.20. The van der Waals surface area contributed by atoms with E-state index < -0.39 is 5.79 Å². The lowest BCUT2D eigenvalue weighted by molar-refractivity contribution is -0.287. The SMILES string of the molecule is CCC1(c2onc(N)c2CC(C)C)OCCCO1. The molecule has 1 aromatic rings. The van der Waals surface area contributed by atoms with E-state index in [2.05, 4.69) is 19.0 Å². The van der Waals surface area contributed by atoms with Crippen LogP contribution in [0.2, 0.25) is 0 Å². The molecular weight excluding hydrogens is 232 g/mol. The molecule has 102 valence electrons. The van der Waals surface area contributed by atoms with Crippen LogP contribution in [-0.4, -0.2) is 18.4 Å². The lowest BCUT2D eigenvalue weighted by atomic mass is 9.98. The average molecular weight is 254 g/mol. The summed E-state index contributed by atoms with van der Waals surface area (Å²) in [5.41, 5.74) is 6.82. The maximum atomic E-state index is 5.89. The largest absolute Gasteiger partial charge is 0.381 e. The van der Waals surface area contributed by atoms with Crippen molar-refractivity contribution in [2.24, 2.45) is 5.92 Å². The van der Waals surface area contributed by atoms with Gasteiger partial charge in [-0.2, -0.15) is 0 Å². The summed E-state index contributed by atoms with van der Waals surface area (Å²) in [5, 5.41) is 3.88. The summed E-state index contributed by atoms with van der Waals surface area (Å²) < 4.78 is 17.1. The number of ether oxygens (including phenoxy) is 2. The average Bonchev–Trinajstić information content (AvgIpc) is 2.72. The number of hydrogen-bond acceptors (Lipinski definition) is 5. The predicted molar refractivity (Wildman–Crippen MR) is 67.9 cm³/mol. The zero-order valence-corrected chi connectivity index (χ0v) is 11.4. The highest BCUT2D eigenvalue weighted by Gasteiger charge is 2.41. The first-order valence-electron chi connectivity index (χ1n) is 6.61. The first-order valence-corrected chi connectivity index (χ1v) is 6.61. The van der Waals surface area contributed by atoms with E-state index in [9.17, 15) is 0 Å². The molecule has 1 fully saturated rings. The van der Waals surface area contributed by atoms with E-state index >= 15 is 0 Å². The molecule has 1 saturated heterocycles. The van der Waals surface area contributed by atoms with Gasteiger partial charge in [0.25, 0.3) is 0 Å². The first-order chi connectivity index (χ1) is 8.59. The summed E-state index contributed by atoms with van der Waals surface area (Å²) in [6, 6.07) is 0. The monoisotopic (exact) mass is 254 g/mol. The highest BCUT2D eigenvalue weighted by Crippen LogP contribution is 2.38. The molecule has 1 aliphatic heterocycles. The van der Waals surface area contributed by atoms with Crippen LogP contribution in [0.15, 0.2) is 4.52 Å². The van der Waals surface area contributed by atoms with Gasteiger partial charge in [0.1, 0.15) is 0 Å². The van der Waals surface area contributed by atoms with Gasteiger partial charge in [0, 0.05) is 12.0 Å². The van der Waals surface area contributed by atoms with E-state index in [0.717, 1.165) is 18.4 Å². The van der Waals surface area contributed by atoms with Crippen molar-refractivity contribution in [3.63, 3.8) is 0 Å². The quantitative estimate of drug-likeness (QED) is 0.893. The molecule has 1 aromatic heterocycles. The van der Waals surface area contributed by atoms with Gasteiger partial charge in [-0.25, -0.2) is 0 Å². The number of aromatic nitrogens is 1. The van der Waals surface area contributed by atoms with Gasteiger partial charge in [-0.05, 0) is 18.8 Å². The second-order valence-electron chi connectivity index (χ2n) is 5.13. The fraction of sp³-hybridized carbons (Fsp3) is 0.769. The van der Waals surface area contributed by atoms with Gasteiger partial charge in [-0.1, -0.05) is 25.9 Å². The highest BCUT2D eigenvalue weighted by atomic mass is 16.7. The Balaban J connectivity index is 2.35. The fourth-order valence-corrected chi connectivity index (χ4v) is 2.30. The third kappa shape index (κ3) is 2.37. The summed E-state index contributed by atoms with van der Waals surface area (Å²) in [7, 11) is 0. The summed E-state index contributed by atoms with van der Waals surface area (Å²) in [4.78, 5) is 0. The Labute approximate surface area is 108 Å². The smallest absolute Gasteiger partial charge is 0.231 e. The van der Waals surface area contributed by atoms with E-state index in [-0.39, 0.29) is 0 Å². The molecule has 5 nitrogen and oxygen atoms in total. The molecule has 0 aromatic carbocycles. The molecule has 0 unspecified atom stereocenters. The van der Waals surface area contributed by atoms with Crippen molar-refractivity contribution in [1.29, 1.82) is 0 Å². The number of hydrogen-bond donors (Lipinski definition) is 1. The molecule has 1 aliphatic rings. The molecule has 2 N–H and O–H groups in total. The van der Waals surface area contributed by atoms with Crippen LogP contribution in [0.5, 0.6) is 0 Å². The van der Waals surface area contributed by atoms with Crippen molar-refractivity contribution >= 4 is 5.82 Å². The van der Waals surface area contributed by atoms with Gasteiger partial charge < -0.3 is 19.7 Å². The lowest BCUT2D eigenvalue weighted by Crippen LogP contribution is -2.38. The standard InChI is InChI=1S/C13H22N2O3/c1-4-13(16-6-5-7-17-13)11-10(8-9(2)3)12(14)15-18-11/h9H,4-8H2,1-3H3,(H2,14,15). The molecule has 2 rings (SSSR count). The van der Waals surface area contributed by atoms with Gasteiger partial charge in [-0.3, -0.25) is 0 Å². The molecule has 0 spiro atoms. The first kappa shape index (κ1) is 13.4. The molecule has 0 atom stereocenters. The molecule has 0 aliphatic carbocycles. The van der Waals surface area contributed by atoms with Crippen LogP contribution in [0.1, 0.15) is 44.9 Å². The Morgan fingerprint density at radius 3 is 2.56 bits per heavy atom. The van der Waals surface area contributed by atoms with E-state index in [4.69, 9.17) is 19.7 Å². The summed E-state index contributed by atoms with van der Waals surface area (Å²) in [6.07, 6.45) is 2.41. The minimum atomic E-state index is -0.799. The Hall–Kier alpha value is -1.07. The zero-order valence-electron chi connectivity index (χ0n) is 11.4. The molecule has 18 heavy (non-hydrogen) atoms. The minimum absolute atomic E-state index is 0.448. The van der Waals surface area contributed by atoms with Crippen molar-refractivity contribution in [2.75, 3.05) is 18.9 Å². The van der Waals surface area contributed by atoms with Crippen molar-refractivity contribution in [1.82, 2.24) is 5.16 Å². The molecule has 2 heterocycles. The van der Waals surface area contributed by atoms with Crippen LogP contribution in [0.3, 0.4) is 0 Å². The maximum absolute atomic E-state index is 5.89. The molecule has 0 bridgehead atoms. The van der Waals surface area contributed by atoms with Crippen molar-refractivity contribution in [3.05, 3.63) is 11.3 Å². The number of nitrogen functional groups attached to an aromatic ring is 1. The maximum Gasteiger partial charge on any atom is 0.231 e. The Kier molecular flexibility index (Phi) is 3.92. The Morgan fingerprint density at radius 2 is 2.00 bits per heavy atom. The second-order valence-corrected chi connectivity index (χ2v) is 5.13. The minimum Gasteiger partial charge on any atom is -0.381 e. The summed E-state index contributed by atoms with van der Waals surface area (Å²) in [5.74, 6) is 0.774. The van der Waals surface area contributed by atoms with Gasteiger partial charge in [-0.15, -0.1) is 0 Å². The van der Waals surface area contributed by atoms with Crippen LogP contribution in [0.4, 0.5) is 5.82 Å². The van der Waals surface area contributed by atoms with Crippen molar-refractivity contribution in [2.45, 2.75) is 45.8 Å². The predicted octanol–water partition coefficient (Wildman–Crippen LogP) is 2.46. The van der Waals surface area contributed by atoms with Gasteiger partial charge in [0.05, 0.1) is 13.2 Å². The molecule has 0 radical (unpaired) electrons. The Bertz CT molecular complexity index is 395. The van der Waals surface area contributed by atoms with Crippen LogP contribution in [0, 0.1) is 5.92 Å². The van der Waals surface area contributed by atoms with Crippen LogP contribution in [0.25, 0.3) is 0 Å². The lowest BCUT2D eigenvalue weighted by Gasteiger charge is -2.34. The number of nitrogens with two attached hydrogens (primary N) is 1. The Morgan fingerprint density at radius 1 is 1.33 bits per heavy atom. The topological polar surface area (TPSA) is 70.5 Å². The normalized spacial score (nSPS) is 19.3. The van der Waals surface area contributed by atoms with E-state index in [1.54, 1.807) is 0 Å². The molecule has 5 heteroatoms. The molecular formula is C13H22N2O3. The summed E-state index contributed by atoms with van der Waals surface area (Å²) >= 11 is 0. The van der Waals surface area contributed by atoms with Crippen molar-refractivity contribution in [3.8, 4) is 0 Å². The van der Waals surface area contributed by atoms with Gasteiger partial charge >= 0.3 is 0 Å². The number of anilines is 1. The van der Waals surface area contributed by atoms with Crippen molar-refractivity contribution < 1.29 is 14.0 Å². The number of rotatable bonds is 4. The number of nitrogens with zero attached hydrogens (tertiary/aromatic N) is 1. The van der Waals surface area contributed by atoms with Crippen LogP contribution < -0.4 is 5.73 Å². The van der Waals surface area contributed by atoms with Gasteiger partial charge in [0.15, 0.2) is 5.82 Å². The third-order valence-corrected chi connectivity index (χ3v) is 3.20. The van der Waals surface area contributed by atoms with E-state index in [0.29, 0.717) is 37.1 Å². The van der Waals surface area contributed by atoms with E-state index in [1.165, 1.54) is 0 Å². The second kappa shape index (κ2) is 5.28. The molecule has 0 amide bonds. The summed E-state index contributed by atoms with van der Waals surface area (Å²) in [6.45, 7) is 7.64. The highest BCUT2D eigenvalue weighted by molar-refractivity contribution is 5.42. The van der Waals surface area contributed by atoms with Gasteiger partial charge in [0.2, 0.25) is 11.5 Å². The van der Waals surface area contributed by atoms with E-state index in [1.807, 2.05) is 6.92 Å². The van der Waals surface area contributed by atoms with Crippen LogP contribution >= 0.6 is 0 Å².